The maximum Gasteiger partial charge on any atom is 0.224 e. The Kier molecular flexibility index (Phi) is 5.80. The van der Waals surface area contributed by atoms with Gasteiger partial charge < -0.3 is 15.0 Å². The first-order valence-corrected chi connectivity index (χ1v) is 7.65. The van der Waals surface area contributed by atoms with E-state index in [-0.39, 0.29) is 11.9 Å². The molecule has 6 heteroatoms. The number of carbonyl (C=O) groups is 1. The summed E-state index contributed by atoms with van der Waals surface area (Å²) in [6, 6.07) is 7.44. The van der Waals surface area contributed by atoms with Crippen LogP contribution in [-0.4, -0.2) is 22.5 Å². The van der Waals surface area contributed by atoms with Gasteiger partial charge in [0.15, 0.2) is 0 Å². The van der Waals surface area contributed by atoms with E-state index in [1.165, 1.54) is 0 Å². The summed E-state index contributed by atoms with van der Waals surface area (Å²) in [5.74, 6) is 1.49. The maximum absolute atomic E-state index is 11.9. The second-order valence-corrected chi connectivity index (χ2v) is 5.47. The van der Waals surface area contributed by atoms with Crippen LogP contribution in [0.4, 0.5) is 0 Å². The van der Waals surface area contributed by atoms with Crippen LogP contribution in [-0.2, 0) is 4.79 Å². The first kappa shape index (κ1) is 15.6. The summed E-state index contributed by atoms with van der Waals surface area (Å²) in [5.41, 5.74) is 0. The molecule has 0 aliphatic rings. The molecule has 0 radical (unpaired) electrons. The summed E-state index contributed by atoms with van der Waals surface area (Å²) < 4.78 is 6.53. The number of carbonyl (C=O) groups excluding carboxylic acids is 1. The predicted molar refractivity (Wildman–Crippen MR) is 84.0 cm³/mol. The van der Waals surface area contributed by atoms with Gasteiger partial charge in [0, 0.05) is 16.9 Å². The number of amides is 1. The third-order valence-electron chi connectivity index (χ3n) is 3.00. The van der Waals surface area contributed by atoms with Crippen molar-refractivity contribution in [1.29, 1.82) is 0 Å². The predicted octanol–water partition coefficient (Wildman–Crippen LogP) is 3.21. The summed E-state index contributed by atoms with van der Waals surface area (Å²) in [6.07, 6.45) is 4.53. The maximum atomic E-state index is 11.9. The number of hydrogen-bond acceptors (Lipinski definition) is 3. The average Bonchev–Trinajstić information content (AvgIpc) is 3.01. The average molecular weight is 352 g/mol. The number of benzene rings is 1. The van der Waals surface area contributed by atoms with Crippen molar-refractivity contribution < 1.29 is 9.53 Å². The Morgan fingerprint density at radius 1 is 1.43 bits per heavy atom. The molecule has 1 aromatic heterocycles. The van der Waals surface area contributed by atoms with E-state index in [0.717, 1.165) is 22.5 Å². The van der Waals surface area contributed by atoms with E-state index in [1.54, 1.807) is 12.4 Å². The molecular weight excluding hydrogens is 334 g/mol. The van der Waals surface area contributed by atoms with Gasteiger partial charge in [0.1, 0.15) is 11.6 Å². The van der Waals surface area contributed by atoms with E-state index in [9.17, 15) is 4.79 Å². The number of H-pyrrole nitrogens is 1. The number of ether oxygens (including phenoxy) is 1. The molecule has 0 aliphatic carbocycles. The van der Waals surface area contributed by atoms with Crippen molar-refractivity contribution in [1.82, 2.24) is 15.3 Å². The summed E-state index contributed by atoms with van der Waals surface area (Å²) in [7, 11) is 0. The lowest BCUT2D eigenvalue weighted by atomic mass is 10.2. The fraction of sp³-hybridized carbons (Fsp3) is 0.333. The Morgan fingerprint density at radius 3 is 2.81 bits per heavy atom. The van der Waals surface area contributed by atoms with Gasteiger partial charge in [0.05, 0.1) is 19.1 Å². The summed E-state index contributed by atoms with van der Waals surface area (Å²) in [5, 5.41) is 2.94. The van der Waals surface area contributed by atoms with E-state index in [2.05, 4.69) is 31.2 Å². The Morgan fingerprint density at radius 2 is 2.19 bits per heavy atom. The molecule has 0 saturated carbocycles. The molecule has 0 fully saturated rings. The number of hydrogen-bond donors (Lipinski definition) is 2. The zero-order valence-corrected chi connectivity index (χ0v) is 13.4. The fourth-order valence-electron chi connectivity index (χ4n) is 1.89. The highest BCUT2D eigenvalue weighted by Crippen LogP contribution is 2.16. The smallest absolute Gasteiger partial charge is 0.224 e. The Labute approximate surface area is 132 Å². The molecule has 1 unspecified atom stereocenters. The minimum atomic E-state index is -0.0832. The van der Waals surface area contributed by atoms with Crippen LogP contribution in [0, 0.1) is 0 Å². The quantitative estimate of drug-likeness (QED) is 0.804. The van der Waals surface area contributed by atoms with Gasteiger partial charge >= 0.3 is 0 Å². The first-order chi connectivity index (χ1) is 10.2. The van der Waals surface area contributed by atoms with E-state index in [1.807, 2.05) is 31.2 Å². The van der Waals surface area contributed by atoms with Crippen molar-refractivity contribution in [3.8, 4) is 5.75 Å². The van der Waals surface area contributed by atoms with Crippen LogP contribution in [0.5, 0.6) is 5.75 Å². The van der Waals surface area contributed by atoms with Gasteiger partial charge in [0.25, 0.3) is 0 Å². The molecule has 5 nitrogen and oxygen atoms in total. The molecule has 0 saturated heterocycles. The zero-order valence-electron chi connectivity index (χ0n) is 11.8. The molecule has 1 heterocycles. The molecule has 0 bridgehead atoms. The Balaban J connectivity index is 1.75. The summed E-state index contributed by atoms with van der Waals surface area (Å²) in [6.45, 7) is 2.36. The Hall–Kier alpha value is -1.82. The van der Waals surface area contributed by atoms with Crippen molar-refractivity contribution in [3.05, 3.63) is 47.0 Å². The van der Waals surface area contributed by atoms with Crippen molar-refractivity contribution in [2.45, 2.75) is 25.8 Å². The molecule has 2 N–H and O–H groups in total. The molecule has 1 atom stereocenters. The number of aromatic nitrogens is 2. The zero-order chi connectivity index (χ0) is 15.1. The molecule has 2 aromatic rings. The fourth-order valence-corrected chi connectivity index (χ4v) is 2.16. The molecular formula is C15H18BrN3O2. The molecule has 1 amide bonds. The third kappa shape index (κ3) is 4.90. The van der Waals surface area contributed by atoms with Gasteiger partial charge in [-0.25, -0.2) is 4.98 Å². The third-order valence-corrected chi connectivity index (χ3v) is 3.53. The molecule has 0 spiro atoms. The monoisotopic (exact) mass is 351 g/mol. The van der Waals surface area contributed by atoms with Crippen LogP contribution in [0.2, 0.25) is 0 Å². The van der Waals surface area contributed by atoms with Gasteiger partial charge in [-0.3, -0.25) is 4.79 Å². The van der Waals surface area contributed by atoms with Gasteiger partial charge in [-0.15, -0.1) is 0 Å². The Bertz CT molecular complexity index is 555. The van der Waals surface area contributed by atoms with Crippen LogP contribution in [0.25, 0.3) is 0 Å². The van der Waals surface area contributed by atoms with E-state index >= 15 is 0 Å². The topological polar surface area (TPSA) is 67.0 Å². The standard InChI is InChI=1S/C15H18BrN3O2/c1-2-13(15-17-8-9-18-15)19-14(20)7-10-21-12-5-3-11(16)4-6-12/h3-6,8-9,13H,2,7,10H2,1H3,(H,17,18)(H,19,20). The van der Waals surface area contributed by atoms with Crippen molar-refractivity contribution in [2.24, 2.45) is 0 Å². The molecule has 0 aliphatic heterocycles. The molecule has 1 aromatic carbocycles. The number of nitrogens with zero attached hydrogens (tertiary/aromatic N) is 1. The van der Waals surface area contributed by atoms with Crippen LogP contribution >= 0.6 is 15.9 Å². The highest BCUT2D eigenvalue weighted by atomic mass is 79.9. The van der Waals surface area contributed by atoms with Gasteiger partial charge in [-0.05, 0) is 30.7 Å². The van der Waals surface area contributed by atoms with Gasteiger partial charge in [-0.1, -0.05) is 22.9 Å². The van der Waals surface area contributed by atoms with Crippen molar-refractivity contribution in [3.63, 3.8) is 0 Å². The van der Waals surface area contributed by atoms with Crippen LogP contribution in [0.1, 0.15) is 31.6 Å². The molecule has 112 valence electrons. The summed E-state index contributed by atoms with van der Waals surface area (Å²) >= 11 is 3.36. The second kappa shape index (κ2) is 7.83. The lowest BCUT2D eigenvalue weighted by Gasteiger charge is -2.14. The highest BCUT2D eigenvalue weighted by Gasteiger charge is 2.14. The highest BCUT2D eigenvalue weighted by molar-refractivity contribution is 9.10. The van der Waals surface area contributed by atoms with Crippen LogP contribution in [0.3, 0.4) is 0 Å². The van der Waals surface area contributed by atoms with Gasteiger partial charge in [0.2, 0.25) is 5.91 Å². The van der Waals surface area contributed by atoms with Crippen LogP contribution in [0.15, 0.2) is 41.1 Å². The van der Waals surface area contributed by atoms with E-state index in [4.69, 9.17) is 4.74 Å². The minimum Gasteiger partial charge on any atom is -0.493 e. The number of rotatable bonds is 7. The molecule has 21 heavy (non-hydrogen) atoms. The van der Waals surface area contributed by atoms with E-state index in [0.29, 0.717) is 13.0 Å². The van der Waals surface area contributed by atoms with Crippen LogP contribution < -0.4 is 10.1 Å². The van der Waals surface area contributed by atoms with E-state index < -0.39 is 0 Å². The minimum absolute atomic E-state index is 0.0460. The number of aromatic amines is 1. The second-order valence-electron chi connectivity index (χ2n) is 4.56. The normalized spacial score (nSPS) is 11.9. The number of halogens is 1. The summed E-state index contributed by atoms with van der Waals surface area (Å²) in [4.78, 5) is 19.1. The largest absolute Gasteiger partial charge is 0.493 e. The number of nitrogens with one attached hydrogen (secondary N) is 2. The SMILES string of the molecule is CCC(NC(=O)CCOc1ccc(Br)cc1)c1ncc[nH]1. The lowest BCUT2D eigenvalue weighted by Crippen LogP contribution is -2.29. The van der Waals surface area contributed by atoms with Gasteiger partial charge in [-0.2, -0.15) is 0 Å². The number of imidazole rings is 1. The first-order valence-electron chi connectivity index (χ1n) is 6.86. The molecule has 2 rings (SSSR count). The van der Waals surface area contributed by atoms with Crippen molar-refractivity contribution >= 4 is 21.8 Å². The van der Waals surface area contributed by atoms with Crippen molar-refractivity contribution in [2.75, 3.05) is 6.61 Å². The lowest BCUT2D eigenvalue weighted by molar-refractivity contribution is -0.122.